The Bertz CT molecular complexity index is 575. The lowest BCUT2D eigenvalue weighted by Crippen LogP contribution is -2.24. The molecule has 1 aromatic carbocycles. The molecule has 0 saturated heterocycles. The van der Waals surface area contributed by atoms with Gasteiger partial charge in [0.05, 0.1) is 11.8 Å². The smallest absolute Gasteiger partial charge is 0.311 e. The van der Waals surface area contributed by atoms with E-state index in [1.54, 1.807) is 0 Å². The third kappa shape index (κ3) is 4.83. The fraction of sp³-hybridized carbons (Fsp3) is 0.600. The van der Waals surface area contributed by atoms with E-state index in [0.717, 1.165) is 24.8 Å². The van der Waals surface area contributed by atoms with Crippen molar-refractivity contribution in [3.05, 3.63) is 34.9 Å². The average molecular weight is 334 g/mol. The molecule has 4 nitrogen and oxygen atoms in total. The molecule has 0 aromatic heterocycles. The molecule has 1 rings (SSSR count). The van der Waals surface area contributed by atoms with Gasteiger partial charge in [-0.15, -0.1) is 0 Å². The van der Waals surface area contributed by atoms with Crippen LogP contribution in [0.15, 0.2) is 18.2 Å². The number of hydrogen-bond donors (Lipinski definition) is 2. The number of carbonyl (C=O) groups is 2. The van der Waals surface area contributed by atoms with Crippen molar-refractivity contribution in [3.63, 3.8) is 0 Å². The molecule has 0 radical (unpaired) electrons. The summed E-state index contributed by atoms with van der Waals surface area (Å²) in [5, 5.41) is 19.3. The topological polar surface area (TPSA) is 74.6 Å². The van der Waals surface area contributed by atoms with E-state index in [9.17, 15) is 19.8 Å². The molecule has 0 saturated carbocycles. The molecule has 0 aliphatic carbocycles. The predicted molar refractivity (Wildman–Crippen MR) is 95.5 cm³/mol. The first-order chi connectivity index (χ1) is 11.2. The van der Waals surface area contributed by atoms with E-state index in [1.165, 1.54) is 0 Å². The molecule has 24 heavy (non-hydrogen) atoms. The van der Waals surface area contributed by atoms with Gasteiger partial charge in [0, 0.05) is 0 Å². The maximum atomic E-state index is 11.8. The standard InChI is InChI=1S/C20H30O4/c1-6-7-8-14-9-10-15(17(12(2)3)19(21)22)16(11-14)18(13(4)5)20(23)24/h9-13,17-18H,6-8H2,1-5H3,(H,21,22)(H,23,24). The highest BCUT2D eigenvalue weighted by atomic mass is 16.4. The maximum Gasteiger partial charge on any atom is 0.311 e. The first kappa shape index (κ1) is 20.2. The summed E-state index contributed by atoms with van der Waals surface area (Å²) in [7, 11) is 0. The van der Waals surface area contributed by atoms with Crippen molar-refractivity contribution in [2.45, 2.75) is 65.7 Å². The zero-order valence-electron chi connectivity index (χ0n) is 15.4. The lowest BCUT2D eigenvalue weighted by Gasteiger charge is -2.26. The van der Waals surface area contributed by atoms with Gasteiger partial charge in [-0.2, -0.15) is 0 Å². The molecule has 2 atom stereocenters. The van der Waals surface area contributed by atoms with Crippen LogP contribution in [0.5, 0.6) is 0 Å². The van der Waals surface area contributed by atoms with Crippen molar-refractivity contribution < 1.29 is 19.8 Å². The number of unbranched alkanes of at least 4 members (excludes halogenated alkanes) is 1. The minimum atomic E-state index is -0.902. The molecule has 0 aliphatic heterocycles. The third-order valence-corrected chi connectivity index (χ3v) is 4.51. The Hall–Kier alpha value is -1.84. The van der Waals surface area contributed by atoms with Crippen molar-refractivity contribution in [3.8, 4) is 0 Å². The number of benzene rings is 1. The van der Waals surface area contributed by atoms with Gasteiger partial charge < -0.3 is 10.2 Å². The molecule has 0 amide bonds. The van der Waals surface area contributed by atoms with E-state index in [1.807, 2.05) is 45.9 Å². The Kier molecular flexibility index (Phi) is 7.46. The Morgan fingerprint density at radius 2 is 1.42 bits per heavy atom. The highest BCUT2D eigenvalue weighted by Crippen LogP contribution is 2.36. The van der Waals surface area contributed by atoms with Crippen LogP contribution in [0.25, 0.3) is 0 Å². The zero-order valence-corrected chi connectivity index (χ0v) is 15.4. The van der Waals surface area contributed by atoms with Crippen molar-refractivity contribution in [1.29, 1.82) is 0 Å². The third-order valence-electron chi connectivity index (χ3n) is 4.51. The quantitative estimate of drug-likeness (QED) is 0.687. The second kappa shape index (κ2) is 8.86. The fourth-order valence-corrected chi connectivity index (χ4v) is 3.27. The summed E-state index contributed by atoms with van der Waals surface area (Å²) in [4.78, 5) is 23.6. The van der Waals surface area contributed by atoms with Gasteiger partial charge in [0.25, 0.3) is 0 Å². The lowest BCUT2D eigenvalue weighted by molar-refractivity contribution is -0.141. The van der Waals surface area contributed by atoms with E-state index in [-0.39, 0.29) is 11.8 Å². The molecule has 134 valence electrons. The van der Waals surface area contributed by atoms with Gasteiger partial charge in [0.2, 0.25) is 0 Å². The van der Waals surface area contributed by atoms with Crippen LogP contribution in [0, 0.1) is 11.8 Å². The second-order valence-electron chi connectivity index (χ2n) is 7.19. The molecule has 0 fully saturated rings. The van der Waals surface area contributed by atoms with Crippen LogP contribution in [0.1, 0.15) is 76.0 Å². The summed E-state index contributed by atoms with van der Waals surface area (Å²) in [6, 6.07) is 5.70. The summed E-state index contributed by atoms with van der Waals surface area (Å²) in [5.41, 5.74) is 2.38. The SMILES string of the molecule is CCCCc1ccc(C(C(=O)O)C(C)C)c(C(C(=O)O)C(C)C)c1. The number of aliphatic carboxylic acids is 2. The highest BCUT2D eigenvalue weighted by Gasteiger charge is 2.32. The van der Waals surface area contributed by atoms with E-state index in [4.69, 9.17) is 0 Å². The van der Waals surface area contributed by atoms with E-state index >= 15 is 0 Å². The van der Waals surface area contributed by atoms with Crippen LogP contribution in [0.4, 0.5) is 0 Å². The summed E-state index contributed by atoms with van der Waals surface area (Å²) in [6.07, 6.45) is 2.98. The van der Waals surface area contributed by atoms with Crippen molar-refractivity contribution in [2.24, 2.45) is 11.8 Å². The van der Waals surface area contributed by atoms with Crippen molar-refractivity contribution in [1.82, 2.24) is 0 Å². The monoisotopic (exact) mass is 334 g/mol. The van der Waals surface area contributed by atoms with E-state index < -0.39 is 23.8 Å². The Morgan fingerprint density at radius 3 is 1.83 bits per heavy atom. The van der Waals surface area contributed by atoms with Crippen LogP contribution in [0.3, 0.4) is 0 Å². The second-order valence-corrected chi connectivity index (χ2v) is 7.19. The van der Waals surface area contributed by atoms with Gasteiger partial charge in [0.15, 0.2) is 0 Å². The molecule has 2 N–H and O–H groups in total. The maximum absolute atomic E-state index is 11.8. The number of carboxylic acids is 2. The molecule has 4 heteroatoms. The lowest BCUT2D eigenvalue weighted by atomic mass is 9.78. The summed E-state index contributed by atoms with van der Waals surface area (Å²) >= 11 is 0. The highest BCUT2D eigenvalue weighted by molar-refractivity contribution is 5.81. The normalized spacial score (nSPS) is 14.0. The fourth-order valence-electron chi connectivity index (χ4n) is 3.27. The number of rotatable bonds is 9. The van der Waals surface area contributed by atoms with Crippen LogP contribution in [-0.4, -0.2) is 22.2 Å². The molecule has 0 heterocycles. The van der Waals surface area contributed by atoms with E-state index in [2.05, 4.69) is 6.92 Å². The number of hydrogen-bond acceptors (Lipinski definition) is 2. The van der Waals surface area contributed by atoms with Crippen LogP contribution in [-0.2, 0) is 16.0 Å². The summed E-state index contributed by atoms with van der Waals surface area (Å²) in [6.45, 7) is 9.57. The Labute approximate surface area is 144 Å². The Balaban J connectivity index is 3.51. The zero-order chi connectivity index (χ0) is 18.4. The summed E-state index contributed by atoms with van der Waals surface area (Å²) < 4.78 is 0. The van der Waals surface area contributed by atoms with Gasteiger partial charge in [-0.05, 0) is 41.4 Å². The molecular formula is C20H30O4. The van der Waals surface area contributed by atoms with Gasteiger partial charge in [-0.3, -0.25) is 9.59 Å². The minimum absolute atomic E-state index is 0.107. The molecule has 0 spiro atoms. The Morgan fingerprint density at radius 1 is 0.917 bits per heavy atom. The average Bonchev–Trinajstić information content (AvgIpc) is 2.45. The molecule has 1 aromatic rings. The van der Waals surface area contributed by atoms with Gasteiger partial charge in [0.1, 0.15) is 0 Å². The number of carboxylic acid groups (broad SMARTS) is 2. The number of aryl methyl sites for hydroxylation is 1. The van der Waals surface area contributed by atoms with Crippen LogP contribution >= 0.6 is 0 Å². The minimum Gasteiger partial charge on any atom is -0.481 e. The van der Waals surface area contributed by atoms with Crippen molar-refractivity contribution in [2.75, 3.05) is 0 Å². The molecule has 0 bridgehead atoms. The molecule has 2 unspecified atom stereocenters. The molecular weight excluding hydrogens is 304 g/mol. The van der Waals surface area contributed by atoms with Gasteiger partial charge in [-0.1, -0.05) is 59.2 Å². The van der Waals surface area contributed by atoms with Crippen molar-refractivity contribution >= 4 is 11.9 Å². The first-order valence-electron chi connectivity index (χ1n) is 8.78. The largest absolute Gasteiger partial charge is 0.481 e. The van der Waals surface area contributed by atoms with Crippen LogP contribution < -0.4 is 0 Å². The van der Waals surface area contributed by atoms with Crippen LogP contribution in [0.2, 0.25) is 0 Å². The van der Waals surface area contributed by atoms with E-state index in [0.29, 0.717) is 11.1 Å². The first-order valence-corrected chi connectivity index (χ1v) is 8.78. The van der Waals surface area contributed by atoms with Gasteiger partial charge >= 0.3 is 11.9 Å². The molecule has 0 aliphatic rings. The van der Waals surface area contributed by atoms with Gasteiger partial charge in [-0.25, -0.2) is 0 Å². The summed E-state index contributed by atoms with van der Waals surface area (Å²) in [5.74, 6) is -3.40. The predicted octanol–water partition coefficient (Wildman–Crippen LogP) is 4.68.